The number of H-pyrrole nitrogens is 1. The van der Waals surface area contributed by atoms with Crippen LogP contribution in [0.4, 0.5) is 0 Å². The highest BCUT2D eigenvalue weighted by molar-refractivity contribution is 5.97. The molecule has 1 atom stereocenters. The molecule has 34 heavy (non-hydrogen) atoms. The maximum atomic E-state index is 14.0. The second-order valence-electron chi connectivity index (χ2n) is 9.12. The Morgan fingerprint density at radius 2 is 1.85 bits per heavy atom. The lowest BCUT2D eigenvalue weighted by molar-refractivity contribution is -0.142. The van der Waals surface area contributed by atoms with E-state index in [1.54, 1.807) is 7.11 Å². The van der Waals surface area contributed by atoms with E-state index in [1.807, 2.05) is 60.5 Å². The van der Waals surface area contributed by atoms with E-state index in [0.717, 1.165) is 35.1 Å². The van der Waals surface area contributed by atoms with Crippen LogP contribution < -0.4 is 15.8 Å². The van der Waals surface area contributed by atoms with Crippen molar-refractivity contribution in [3.8, 4) is 5.75 Å². The Balaban J connectivity index is 1.58. The molecular formula is C27H34N4O3. The van der Waals surface area contributed by atoms with Crippen molar-refractivity contribution in [1.29, 1.82) is 0 Å². The minimum absolute atomic E-state index is 0.0863. The van der Waals surface area contributed by atoms with Gasteiger partial charge < -0.3 is 25.7 Å². The SMILES string of the molecule is COc1ccccc1C1CCN(C(=O)[C@](C)(NC(=O)CCCN)c2c[nH]c3ccccc23)CC1. The summed E-state index contributed by atoms with van der Waals surface area (Å²) < 4.78 is 5.55. The van der Waals surface area contributed by atoms with Crippen LogP contribution in [0.15, 0.2) is 54.7 Å². The van der Waals surface area contributed by atoms with E-state index in [1.165, 1.54) is 5.56 Å². The molecule has 1 aromatic heterocycles. The predicted octanol–water partition coefficient (Wildman–Crippen LogP) is 3.65. The molecule has 0 saturated carbocycles. The van der Waals surface area contributed by atoms with Crippen LogP contribution in [0.1, 0.15) is 49.7 Å². The lowest BCUT2D eigenvalue weighted by atomic mass is 9.85. The lowest BCUT2D eigenvalue weighted by Crippen LogP contribution is -2.56. The molecule has 2 heterocycles. The molecule has 7 nitrogen and oxygen atoms in total. The van der Waals surface area contributed by atoms with E-state index >= 15 is 0 Å². The number of carbonyl (C=O) groups is 2. The first-order valence-corrected chi connectivity index (χ1v) is 12.0. The third-order valence-corrected chi connectivity index (χ3v) is 6.91. The summed E-state index contributed by atoms with van der Waals surface area (Å²) in [5, 5.41) is 3.99. The van der Waals surface area contributed by atoms with E-state index in [0.29, 0.717) is 32.0 Å². The van der Waals surface area contributed by atoms with Gasteiger partial charge in [-0.15, -0.1) is 0 Å². The number of amides is 2. The molecule has 4 rings (SSSR count). The lowest BCUT2D eigenvalue weighted by Gasteiger charge is -2.39. The second-order valence-corrected chi connectivity index (χ2v) is 9.12. The number of aromatic nitrogens is 1. The number of nitrogens with one attached hydrogen (secondary N) is 2. The highest BCUT2D eigenvalue weighted by Crippen LogP contribution is 2.36. The van der Waals surface area contributed by atoms with Crippen molar-refractivity contribution < 1.29 is 14.3 Å². The van der Waals surface area contributed by atoms with Gasteiger partial charge in [0.05, 0.1) is 7.11 Å². The number of aromatic amines is 1. The first-order chi connectivity index (χ1) is 16.5. The number of methoxy groups -OCH3 is 1. The summed E-state index contributed by atoms with van der Waals surface area (Å²) >= 11 is 0. The van der Waals surface area contributed by atoms with E-state index in [-0.39, 0.29) is 18.2 Å². The van der Waals surface area contributed by atoms with Crippen LogP contribution in [0.25, 0.3) is 10.9 Å². The Labute approximate surface area is 200 Å². The smallest absolute Gasteiger partial charge is 0.252 e. The number of likely N-dealkylation sites (tertiary alicyclic amines) is 1. The Kier molecular flexibility index (Phi) is 7.22. The number of ether oxygens (including phenoxy) is 1. The topological polar surface area (TPSA) is 100 Å². The standard InChI is InChI=1S/C27H34N4O3/c1-27(30-25(32)12-7-15-28,22-18-29-23-10-5-3-9-21(22)23)26(33)31-16-13-19(14-17-31)20-8-4-6-11-24(20)34-2/h3-6,8-11,18-19,29H,7,12-17,28H2,1-2H3,(H,30,32)/t27-/m1/s1. The van der Waals surface area contributed by atoms with Crippen molar-refractivity contribution in [3.63, 3.8) is 0 Å². The number of benzene rings is 2. The van der Waals surface area contributed by atoms with Gasteiger partial charge in [0.2, 0.25) is 5.91 Å². The zero-order chi connectivity index (χ0) is 24.1. The molecule has 0 bridgehead atoms. The first-order valence-electron chi connectivity index (χ1n) is 12.0. The monoisotopic (exact) mass is 462 g/mol. The van der Waals surface area contributed by atoms with E-state index in [2.05, 4.69) is 16.4 Å². The molecule has 2 aromatic carbocycles. The molecular weight excluding hydrogens is 428 g/mol. The number of fused-ring (bicyclic) bond motifs is 1. The average Bonchev–Trinajstić information content (AvgIpc) is 3.32. The van der Waals surface area contributed by atoms with Crippen molar-refractivity contribution in [2.75, 3.05) is 26.7 Å². The Bertz CT molecular complexity index is 1150. The predicted molar refractivity (Wildman–Crippen MR) is 134 cm³/mol. The van der Waals surface area contributed by atoms with E-state index in [4.69, 9.17) is 10.5 Å². The fraction of sp³-hybridized carbons (Fsp3) is 0.407. The maximum Gasteiger partial charge on any atom is 0.252 e. The van der Waals surface area contributed by atoms with E-state index < -0.39 is 5.54 Å². The van der Waals surface area contributed by atoms with Gasteiger partial charge in [0.1, 0.15) is 11.3 Å². The van der Waals surface area contributed by atoms with Crippen LogP contribution in [-0.2, 0) is 15.1 Å². The third kappa shape index (κ3) is 4.66. The molecule has 3 aromatic rings. The molecule has 0 radical (unpaired) electrons. The van der Waals surface area contributed by atoms with Crippen molar-refractivity contribution in [3.05, 3.63) is 65.9 Å². The van der Waals surface area contributed by atoms with Gasteiger partial charge in [-0.1, -0.05) is 36.4 Å². The van der Waals surface area contributed by atoms with Crippen LogP contribution in [0.3, 0.4) is 0 Å². The summed E-state index contributed by atoms with van der Waals surface area (Å²) in [5.74, 6) is 0.967. The number of hydrogen-bond donors (Lipinski definition) is 3. The van der Waals surface area contributed by atoms with Gasteiger partial charge in [0.25, 0.3) is 5.91 Å². The number of carbonyl (C=O) groups excluding carboxylic acids is 2. The van der Waals surface area contributed by atoms with Crippen molar-refractivity contribution in [2.24, 2.45) is 5.73 Å². The Morgan fingerprint density at radius 1 is 1.15 bits per heavy atom. The summed E-state index contributed by atoms with van der Waals surface area (Å²) in [7, 11) is 1.69. The van der Waals surface area contributed by atoms with Gasteiger partial charge in [0.15, 0.2) is 0 Å². The molecule has 2 amide bonds. The van der Waals surface area contributed by atoms with Gasteiger partial charge in [-0.2, -0.15) is 0 Å². The highest BCUT2D eigenvalue weighted by atomic mass is 16.5. The highest BCUT2D eigenvalue weighted by Gasteiger charge is 2.42. The number of rotatable bonds is 8. The largest absolute Gasteiger partial charge is 0.496 e. The number of hydrogen-bond acceptors (Lipinski definition) is 4. The number of piperidine rings is 1. The summed E-state index contributed by atoms with van der Waals surface area (Å²) in [6.07, 6.45) is 4.40. The zero-order valence-electron chi connectivity index (χ0n) is 20.0. The fourth-order valence-electron chi connectivity index (χ4n) is 5.04. The summed E-state index contributed by atoms with van der Waals surface area (Å²) in [4.78, 5) is 31.9. The van der Waals surface area contributed by atoms with Gasteiger partial charge >= 0.3 is 0 Å². The normalized spacial score (nSPS) is 16.3. The zero-order valence-corrected chi connectivity index (χ0v) is 20.0. The summed E-state index contributed by atoms with van der Waals surface area (Å²) in [5.41, 5.74) is 7.32. The van der Waals surface area contributed by atoms with Crippen molar-refractivity contribution >= 4 is 22.7 Å². The third-order valence-electron chi connectivity index (χ3n) is 6.91. The molecule has 0 spiro atoms. The molecule has 0 aliphatic carbocycles. The maximum absolute atomic E-state index is 14.0. The minimum Gasteiger partial charge on any atom is -0.496 e. The Hall–Kier alpha value is -3.32. The molecule has 1 aliphatic heterocycles. The summed E-state index contributed by atoms with van der Waals surface area (Å²) in [6.45, 7) is 3.50. The summed E-state index contributed by atoms with van der Waals surface area (Å²) in [6, 6.07) is 15.9. The number of nitrogens with two attached hydrogens (primary N) is 1. The Morgan fingerprint density at radius 3 is 2.59 bits per heavy atom. The van der Waals surface area contributed by atoms with E-state index in [9.17, 15) is 9.59 Å². The molecule has 180 valence electrons. The molecule has 4 N–H and O–H groups in total. The molecule has 7 heteroatoms. The molecule has 1 saturated heterocycles. The fourth-order valence-corrected chi connectivity index (χ4v) is 5.04. The van der Waals surface area contributed by atoms with Gasteiger partial charge in [-0.3, -0.25) is 9.59 Å². The van der Waals surface area contributed by atoms with Gasteiger partial charge in [0, 0.05) is 42.2 Å². The van der Waals surface area contributed by atoms with Crippen LogP contribution >= 0.6 is 0 Å². The van der Waals surface area contributed by atoms with Crippen LogP contribution in [-0.4, -0.2) is 48.4 Å². The average molecular weight is 463 g/mol. The number of nitrogens with zero attached hydrogens (tertiary/aromatic N) is 1. The van der Waals surface area contributed by atoms with Crippen LogP contribution in [0, 0.1) is 0 Å². The first kappa shape index (κ1) is 23.8. The molecule has 0 unspecified atom stereocenters. The quantitative estimate of drug-likeness (QED) is 0.476. The van der Waals surface area contributed by atoms with Gasteiger partial charge in [-0.05, 0) is 56.3 Å². The molecule has 1 aliphatic rings. The minimum atomic E-state index is -1.18. The number of para-hydroxylation sites is 2. The van der Waals surface area contributed by atoms with Crippen LogP contribution in [0.5, 0.6) is 5.75 Å². The molecule has 1 fully saturated rings. The second kappa shape index (κ2) is 10.3. The van der Waals surface area contributed by atoms with Crippen molar-refractivity contribution in [1.82, 2.24) is 15.2 Å². The van der Waals surface area contributed by atoms with Crippen LogP contribution in [0.2, 0.25) is 0 Å². The van der Waals surface area contributed by atoms with Crippen molar-refractivity contribution in [2.45, 2.75) is 44.1 Å². The van der Waals surface area contributed by atoms with Gasteiger partial charge in [-0.25, -0.2) is 0 Å².